The average Bonchev–Trinajstić information content (AvgIpc) is 3.19. The van der Waals surface area contributed by atoms with Gasteiger partial charge in [-0.2, -0.15) is 0 Å². The smallest absolute Gasteiger partial charge is 0.307 e. The number of carbonyl (C=O) groups is 1. The highest BCUT2D eigenvalue weighted by molar-refractivity contribution is 7.19. The lowest BCUT2D eigenvalue weighted by Crippen LogP contribution is -1.97. The van der Waals surface area contributed by atoms with Crippen LogP contribution < -0.4 is 9.47 Å². The monoisotopic (exact) mass is 339 g/mol. The Bertz CT molecular complexity index is 928. The van der Waals surface area contributed by atoms with Crippen LogP contribution in [0.5, 0.6) is 11.5 Å². The zero-order valence-electron chi connectivity index (χ0n) is 12.6. The van der Waals surface area contributed by atoms with E-state index in [0.29, 0.717) is 17.1 Å². The quantitative estimate of drug-likeness (QED) is 0.777. The molecule has 120 valence electrons. The first-order valence-electron chi connectivity index (χ1n) is 7.37. The summed E-state index contributed by atoms with van der Waals surface area (Å²) in [6.45, 7) is 0.211. The van der Waals surface area contributed by atoms with Crippen LogP contribution in [-0.4, -0.2) is 22.9 Å². The van der Waals surface area contributed by atoms with Gasteiger partial charge >= 0.3 is 5.97 Å². The lowest BCUT2D eigenvalue weighted by atomic mass is 10.1. The van der Waals surface area contributed by atoms with Gasteiger partial charge in [0.25, 0.3) is 0 Å². The fourth-order valence-corrected chi connectivity index (χ4v) is 3.54. The van der Waals surface area contributed by atoms with Gasteiger partial charge in [-0.3, -0.25) is 4.79 Å². The van der Waals surface area contributed by atoms with Crippen LogP contribution in [0.2, 0.25) is 0 Å². The van der Waals surface area contributed by atoms with Gasteiger partial charge in [-0.05, 0) is 41.5 Å². The number of hydrogen-bond acceptors (Lipinski definition) is 5. The van der Waals surface area contributed by atoms with Crippen LogP contribution in [0.4, 0.5) is 0 Å². The molecule has 1 aromatic heterocycles. The number of carboxylic acid groups (broad SMARTS) is 1. The maximum absolute atomic E-state index is 11.3. The second-order valence-electron chi connectivity index (χ2n) is 5.34. The molecule has 4 rings (SSSR count). The number of thiazole rings is 1. The molecule has 2 aromatic carbocycles. The molecule has 0 atom stereocenters. The van der Waals surface area contributed by atoms with E-state index in [9.17, 15) is 9.90 Å². The summed E-state index contributed by atoms with van der Waals surface area (Å²) >= 11 is 1.49. The Morgan fingerprint density at radius 1 is 1.21 bits per heavy atom. The van der Waals surface area contributed by atoms with Crippen LogP contribution in [0.15, 0.2) is 42.5 Å². The molecule has 24 heavy (non-hydrogen) atoms. The Morgan fingerprint density at radius 3 is 2.88 bits per heavy atom. The maximum atomic E-state index is 11.3. The summed E-state index contributed by atoms with van der Waals surface area (Å²) in [5.41, 5.74) is 2.40. The Labute approximate surface area is 141 Å². The summed E-state index contributed by atoms with van der Waals surface area (Å²) in [6.07, 6.45) is 1.75. The molecular weight excluding hydrogens is 326 g/mol. The Hall–Kier alpha value is -2.86. The van der Waals surface area contributed by atoms with E-state index >= 15 is 0 Å². The first-order valence-corrected chi connectivity index (χ1v) is 8.19. The highest BCUT2D eigenvalue weighted by Gasteiger charge is 2.15. The van der Waals surface area contributed by atoms with Gasteiger partial charge in [-0.1, -0.05) is 18.2 Å². The molecule has 0 spiro atoms. The Morgan fingerprint density at radius 2 is 2.04 bits per heavy atom. The number of hydrogen-bond donors (Lipinski definition) is 1. The molecule has 0 aliphatic carbocycles. The van der Waals surface area contributed by atoms with Crippen LogP contribution in [-0.2, 0) is 4.79 Å². The molecular formula is C18H13NO4S. The van der Waals surface area contributed by atoms with E-state index in [1.807, 2.05) is 48.5 Å². The maximum Gasteiger partial charge on any atom is 0.307 e. The van der Waals surface area contributed by atoms with Crippen molar-refractivity contribution in [3.05, 3.63) is 53.0 Å². The first kappa shape index (κ1) is 14.7. The van der Waals surface area contributed by atoms with Crippen LogP contribution in [0.3, 0.4) is 0 Å². The molecule has 2 heterocycles. The minimum absolute atomic E-state index is 0.0890. The predicted molar refractivity (Wildman–Crippen MR) is 92.3 cm³/mol. The summed E-state index contributed by atoms with van der Waals surface area (Å²) in [5, 5.41) is 9.96. The second kappa shape index (κ2) is 5.98. The molecule has 0 bridgehead atoms. The zero-order valence-corrected chi connectivity index (χ0v) is 13.4. The first-order chi connectivity index (χ1) is 11.7. The zero-order chi connectivity index (χ0) is 16.5. The number of aromatic nitrogens is 1. The van der Waals surface area contributed by atoms with Crippen molar-refractivity contribution in [2.24, 2.45) is 0 Å². The van der Waals surface area contributed by atoms with Crippen LogP contribution in [0, 0.1) is 0 Å². The number of para-hydroxylation sites is 1. The molecule has 3 aromatic rings. The van der Waals surface area contributed by atoms with Crippen LogP contribution in [0.1, 0.15) is 17.0 Å². The van der Waals surface area contributed by atoms with Crippen LogP contribution >= 0.6 is 11.3 Å². The Kier molecular flexibility index (Phi) is 3.66. The van der Waals surface area contributed by atoms with Crippen molar-refractivity contribution < 1.29 is 19.4 Å². The molecule has 0 unspecified atom stereocenters. The second-order valence-corrected chi connectivity index (χ2v) is 6.37. The number of benzene rings is 2. The number of carboxylic acids is 1. The Balaban J connectivity index is 1.77. The minimum Gasteiger partial charge on any atom is -0.481 e. The molecule has 1 aliphatic heterocycles. The van der Waals surface area contributed by atoms with Gasteiger partial charge in [-0.25, -0.2) is 4.98 Å². The van der Waals surface area contributed by atoms with Crippen molar-refractivity contribution in [1.29, 1.82) is 0 Å². The summed E-state index contributed by atoms with van der Waals surface area (Å²) in [6, 6.07) is 13.3. The number of ether oxygens (including phenoxy) is 2. The van der Waals surface area contributed by atoms with E-state index < -0.39 is 5.97 Å². The van der Waals surface area contributed by atoms with Crippen molar-refractivity contribution >= 4 is 39.2 Å². The topological polar surface area (TPSA) is 68.7 Å². The largest absolute Gasteiger partial charge is 0.481 e. The summed E-state index contributed by atoms with van der Waals surface area (Å²) in [5.74, 6) is 0.482. The average molecular weight is 339 g/mol. The van der Waals surface area contributed by atoms with Crippen molar-refractivity contribution in [1.82, 2.24) is 4.98 Å². The van der Waals surface area contributed by atoms with Gasteiger partial charge < -0.3 is 14.6 Å². The summed E-state index contributed by atoms with van der Waals surface area (Å²) in [4.78, 5) is 15.8. The van der Waals surface area contributed by atoms with Crippen molar-refractivity contribution in [2.75, 3.05) is 6.79 Å². The number of rotatable bonds is 4. The minimum atomic E-state index is -0.888. The SMILES string of the molecule is O=C(O)C/C(=C\c1ccc2c(c1)OCO2)c1nc2ccccc2s1. The third kappa shape index (κ3) is 2.83. The van der Waals surface area contributed by atoms with E-state index in [1.165, 1.54) is 11.3 Å². The third-order valence-electron chi connectivity index (χ3n) is 3.65. The van der Waals surface area contributed by atoms with E-state index in [0.717, 1.165) is 20.8 Å². The van der Waals surface area contributed by atoms with E-state index in [1.54, 1.807) is 0 Å². The molecule has 0 radical (unpaired) electrons. The van der Waals surface area contributed by atoms with E-state index in [2.05, 4.69) is 4.98 Å². The normalized spacial score (nSPS) is 13.4. The van der Waals surface area contributed by atoms with Crippen molar-refractivity contribution in [2.45, 2.75) is 6.42 Å². The summed E-state index contributed by atoms with van der Waals surface area (Å²) in [7, 11) is 0. The van der Waals surface area contributed by atoms with Gasteiger partial charge in [0.1, 0.15) is 5.01 Å². The highest BCUT2D eigenvalue weighted by Crippen LogP contribution is 2.35. The van der Waals surface area contributed by atoms with E-state index in [-0.39, 0.29) is 13.2 Å². The molecule has 0 fully saturated rings. The number of aliphatic carboxylic acids is 1. The molecule has 0 amide bonds. The molecule has 6 heteroatoms. The summed E-state index contributed by atoms with van der Waals surface area (Å²) < 4.78 is 11.7. The fraction of sp³-hybridized carbons (Fsp3) is 0.111. The molecule has 0 saturated carbocycles. The van der Waals surface area contributed by atoms with Crippen LogP contribution in [0.25, 0.3) is 21.9 Å². The van der Waals surface area contributed by atoms with Gasteiger partial charge in [-0.15, -0.1) is 11.3 Å². The third-order valence-corrected chi connectivity index (χ3v) is 4.76. The molecule has 1 aliphatic rings. The van der Waals surface area contributed by atoms with Gasteiger partial charge in [0.2, 0.25) is 6.79 Å². The molecule has 1 N–H and O–H groups in total. The van der Waals surface area contributed by atoms with Gasteiger partial charge in [0.15, 0.2) is 11.5 Å². The number of fused-ring (bicyclic) bond motifs is 2. The molecule has 5 nitrogen and oxygen atoms in total. The van der Waals surface area contributed by atoms with E-state index in [4.69, 9.17) is 9.47 Å². The van der Waals surface area contributed by atoms with Gasteiger partial charge in [0, 0.05) is 0 Å². The highest BCUT2D eigenvalue weighted by atomic mass is 32.1. The van der Waals surface area contributed by atoms with Gasteiger partial charge in [0.05, 0.1) is 16.6 Å². The lowest BCUT2D eigenvalue weighted by molar-refractivity contribution is -0.135. The molecule has 0 saturated heterocycles. The van der Waals surface area contributed by atoms with Crippen molar-refractivity contribution in [3.8, 4) is 11.5 Å². The fourth-order valence-electron chi connectivity index (χ4n) is 2.56. The number of nitrogens with zero attached hydrogens (tertiary/aromatic N) is 1. The van der Waals surface area contributed by atoms with Crippen molar-refractivity contribution in [3.63, 3.8) is 0 Å². The lowest BCUT2D eigenvalue weighted by Gasteiger charge is -2.03. The standard InChI is InChI=1S/C18H13NO4S/c20-17(21)9-12(18-19-13-3-1-2-4-16(13)24-18)7-11-5-6-14-15(8-11)23-10-22-14/h1-8H,9-10H2,(H,20,21)/b12-7+. The predicted octanol–water partition coefficient (Wildman–Crippen LogP) is 4.04.